The molecule has 300 valence electrons. The number of hydrogen-bond acceptors (Lipinski definition) is 4. The summed E-state index contributed by atoms with van der Waals surface area (Å²) in [5.41, 5.74) is 12.9. The van der Waals surface area contributed by atoms with Crippen molar-refractivity contribution in [1.29, 1.82) is 0 Å². The predicted molar refractivity (Wildman–Crippen MR) is 244 cm³/mol. The Kier molecular flexibility index (Phi) is 19.6. The average molecular weight is 852 g/mol. The number of phenols is 2. The van der Waals surface area contributed by atoms with Gasteiger partial charge in [0, 0.05) is 42.9 Å². The normalized spacial score (nSPS) is 10.8. The molecule has 6 aromatic rings. The molecule has 0 spiro atoms. The predicted octanol–water partition coefficient (Wildman–Crippen LogP) is 12.6. The molecule has 0 amide bonds. The van der Waals surface area contributed by atoms with Gasteiger partial charge in [0.1, 0.15) is 11.5 Å². The van der Waals surface area contributed by atoms with Gasteiger partial charge in [-0.05, 0) is 97.3 Å². The summed E-state index contributed by atoms with van der Waals surface area (Å²) in [5.74, 6) is 1.42. The summed E-state index contributed by atoms with van der Waals surface area (Å²) >= 11 is 0. The number of aryl methyl sites for hydroxylation is 2. The van der Waals surface area contributed by atoms with Crippen LogP contribution in [0.15, 0.2) is 133 Å². The Morgan fingerprint density at radius 1 is 0.534 bits per heavy atom. The first-order valence-electron chi connectivity index (χ1n) is 20.2. The van der Waals surface area contributed by atoms with Crippen molar-refractivity contribution in [2.75, 3.05) is 33.7 Å². The van der Waals surface area contributed by atoms with Gasteiger partial charge in [-0.2, -0.15) is 49.2 Å². The van der Waals surface area contributed by atoms with Gasteiger partial charge < -0.3 is 15.1 Å². The first-order valence-corrected chi connectivity index (χ1v) is 20.2. The third-order valence-corrected chi connectivity index (χ3v) is 10.0. The zero-order valence-electron chi connectivity index (χ0n) is 36.1. The molecule has 0 saturated heterocycles. The molecule has 6 aromatic carbocycles. The summed E-state index contributed by atoms with van der Waals surface area (Å²) in [6.45, 7) is 23.7. The zero-order chi connectivity index (χ0) is 41.5. The fourth-order valence-electron chi connectivity index (χ4n) is 7.00. The molecule has 0 aliphatic rings. The van der Waals surface area contributed by atoms with Gasteiger partial charge in [0.2, 0.25) is 0 Å². The fourth-order valence-corrected chi connectivity index (χ4v) is 7.00. The first kappa shape index (κ1) is 47.8. The van der Waals surface area contributed by atoms with Crippen molar-refractivity contribution in [2.24, 2.45) is 0 Å². The number of hydrogen-bond donors (Lipinski definition) is 2. The van der Waals surface area contributed by atoms with Gasteiger partial charge >= 0.3 is 26.2 Å². The number of aromatic hydroxyl groups is 2. The second kappa shape index (κ2) is 23.8. The zero-order valence-corrected chi connectivity index (χ0v) is 38.6. The number of phenolic OH excluding ortho intramolecular Hbond substituents is 2. The summed E-state index contributed by atoms with van der Waals surface area (Å²) < 4.78 is 0. The van der Waals surface area contributed by atoms with Crippen LogP contribution in [0.1, 0.15) is 84.0 Å². The van der Waals surface area contributed by atoms with E-state index in [0.717, 1.165) is 69.7 Å². The number of nitrogens with zero attached hydrogens (tertiary/aromatic N) is 2. The summed E-state index contributed by atoms with van der Waals surface area (Å²) in [6.07, 6.45) is 0.716. The molecule has 0 bridgehead atoms. The van der Waals surface area contributed by atoms with Crippen LogP contribution in [0.3, 0.4) is 0 Å². The maximum absolute atomic E-state index is 11.9. The van der Waals surface area contributed by atoms with Crippen LogP contribution in [-0.2, 0) is 39.2 Å². The fraction of sp³-hybridized carbons (Fsp3) is 0.283. The van der Waals surface area contributed by atoms with Crippen molar-refractivity contribution in [3.8, 4) is 33.8 Å². The number of benzene rings is 6. The van der Waals surface area contributed by atoms with E-state index in [4.69, 9.17) is 0 Å². The van der Waals surface area contributed by atoms with E-state index in [-0.39, 0.29) is 26.2 Å². The summed E-state index contributed by atoms with van der Waals surface area (Å²) in [6, 6.07) is 44.8. The molecule has 0 saturated carbocycles. The molecule has 58 heavy (non-hydrogen) atoms. The van der Waals surface area contributed by atoms with Gasteiger partial charge in [-0.15, -0.1) is 24.3 Å². The number of rotatable bonds is 12. The van der Waals surface area contributed by atoms with Crippen LogP contribution in [0.25, 0.3) is 22.3 Å². The SMILES string of the molecule is Cc1cc(CCN(CCN(C)C)Cc2cc(C)cc(-c3c(C(C)C)cccc3C(C)C)c2O)c(O)c(-c2ccccc2)c1.[CH2-]c1ccccc1.[CH2-]c1ccccc1.[Zr+4]. The second-order valence-corrected chi connectivity index (χ2v) is 15.9. The van der Waals surface area contributed by atoms with Crippen LogP contribution in [0, 0.1) is 27.7 Å². The van der Waals surface area contributed by atoms with Crippen LogP contribution >= 0.6 is 0 Å². The van der Waals surface area contributed by atoms with Crippen LogP contribution in [-0.4, -0.2) is 53.7 Å². The molecule has 0 atom stereocenters. The summed E-state index contributed by atoms with van der Waals surface area (Å²) in [5, 5.41) is 23.2. The Hall–Kier alpha value is -4.54. The molecule has 5 heteroatoms. The average Bonchev–Trinajstić information content (AvgIpc) is 3.19. The molecular weight excluding hydrogens is 788 g/mol. The van der Waals surface area contributed by atoms with Crippen LogP contribution in [0.2, 0.25) is 0 Å². The van der Waals surface area contributed by atoms with E-state index in [1.807, 2.05) is 91.0 Å². The molecule has 0 aliphatic heterocycles. The van der Waals surface area contributed by atoms with Gasteiger partial charge in [-0.1, -0.05) is 100 Å². The maximum Gasteiger partial charge on any atom is 4.00 e. The van der Waals surface area contributed by atoms with Crippen LogP contribution in [0.4, 0.5) is 0 Å². The molecule has 0 aliphatic carbocycles. The maximum atomic E-state index is 11.9. The Morgan fingerprint density at radius 2 is 0.983 bits per heavy atom. The van der Waals surface area contributed by atoms with E-state index in [1.165, 1.54) is 16.7 Å². The molecule has 4 nitrogen and oxygen atoms in total. The molecule has 6 rings (SSSR count). The molecule has 0 aromatic heterocycles. The second-order valence-electron chi connectivity index (χ2n) is 15.9. The summed E-state index contributed by atoms with van der Waals surface area (Å²) in [7, 11) is 4.18. The monoisotopic (exact) mass is 850 g/mol. The Balaban J connectivity index is 0.000000501. The first-order chi connectivity index (χ1) is 27.2. The van der Waals surface area contributed by atoms with Gasteiger partial charge in [0.05, 0.1) is 0 Å². The van der Waals surface area contributed by atoms with Gasteiger partial charge in [-0.25, -0.2) is 0 Å². The van der Waals surface area contributed by atoms with Gasteiger partial charge in [0.15, 0.2) is 0 Å². The van der Waals surface area contributed by atoms with E-state index in [2.05, 4.69) is 122 Å². The Bertz CT molecular complexity index is 2050. The molecule has 0 fully saturated rings. The standard InChI is InChI=1S/C39H50N2O2.2C7H7.Zr/c1-26(2)33-15-12-16-34(27(3)4)37(33)36-24-29(6)22-32(39(36)43)25-41(20-19-40(7)8)18-17-31-21-28(5)23-35(38(31)42)30-13-10-9-11-14-30;2*1-7-5-3-2-4-6-7;/h9-16,21-24,26-27,42-43H,17-20,25H2,1-8H3;2*2-6H,1H2;/q;2*-1;+4. The Labute approximate surface area is 369 Å². The van der Waals surface area contributed by atoms with Crippen molar-refractivity contribution in [3.05, 3.63) is 192 Å². The smallest absolute Gasteiger partial charge is 0.507 e. The van der Waals surface area contributed by atoms with Crippen molar-refractivity contribution < 1.29 is 36.4 Å². The topological polar surface area (TPSA) is 46.9 Å². The minimum Gasteiger partial charge on any atom is -0.507 e. The molecule has 0 radical (unpaired) electrons. The van der Waals surface area contributed by atoms with Crippen molar-refractivity contribution >= 4 is 0 Å². The third-order valence-electron chi connectivity index (χ3n) is 10.0. The minimum absolute atomic E-state index is 0. The van der Waals surface area contributed by atoms with E-state index < -0.39 is 0 Å². The molecular formula is C53H64N2O2Zr+2. The van der Waals surface area contributed by atoms with Gasteiger partial charge in [0.25, 0.3) is 0 Å². The van der Waals surface area contributed by atoms with E-state index in [9.17, 15) is 10.2 Å². The van der Waals surface area contributed by atoms with Crippen molar-refractivity contribution in [3.63, 3.8) is 0 Å². The quantitative estimate of drug-likeness (QED) is 0.120. The van der Waals surface area contributed by atoms with Crippen LogP contribution < -0.4 is 0 Å². The van der Waals surface area contributed by atoms with E-state index in [0.29, 0.717) is 36.3 Å². The molecule has 0 unspecified atom stereocenters. The molecule has 0 heterocycles. The number of likely N-dealkylation sites (N-methyl/N-ethyl adjacent to an activating group) is 1. The Morgan fingerprint density at radius 3 is 1.43 bits per heavy atom. The summed E-state index contributed by atoms with van der Waals surface area (Å²) in [4.78, 5) is 4.60. The largest absolute Gasteiger partial charge is 4.00 e. The minimum atomic E-state index is 0. The van der Waals surface area contributed by atoms with Crippen LogP contribution in [0.5, 0.6) is 11.5 Å². The van der Waals surface area contributed by atoms with E-state index in [1.54, 1.807) is 0 Å². The molecule has 2 N–H and O–H groups in total. The van der Waals surface area contributed by atoms with Crippen molar-refractivity contribution in [1.82, 2.24) is 9.80 Å². The third kappa shape index (κ3) is 14.4. The van der Waals surface area contributed by atoms with E-state index >= 15 is 0 Å². The van der Waals surface area contributed by atoms with Gasteiger partial charge in [-0.3, -0.25) is 4.90 Å². The van der Waals surface area contributed by atoms with Crippen molar-refractivity contribution in [2.45, 2.75) is 66.3 Å².